The highest BCUT2D eigenvalue weighted by atomic mass is 32.1. The van der Waals surface area contributed by atoms with Crippen molar-refractivity contribution in [3.8, 4) is 0 Å². The minimum absolute atomic E-state index is 0.374. The Morgan fingerprint density at radius 2 is 2.00 bits per heavy atom. The molecule has 0 aliphatic carbocycles. The Hall–Kier alpha value is -1.94. The van der Waals surface area contributed by atoms with Crippen LogP contribution in [0.5, 0.6) is 0 Å². The zero-order valence-corrected chi connectivity index (χ0v) is 12.1. The van der Waals surface area contributed by atoms with Gasteiger partial charge in [0.1, 0.15) is 0 Å². The fraction of sp³-hybridized carbons (Fsp3) is 0.250. The number of benzene rings is 1. The highest BCUT2D eigenvalue weighted by Crippen LogP contribution is 2.30. The molecule has 0 saturated heterocycles. The molecule has 0 radical (unpaired) electrons. The third-order valence-electron chi connectivity index (χ3n) is 3.65. The van der Waals surface area contributed by atoms with Gasteiger partial charge in [0.2, 0.25) is 0 Å². The minimum atomic E-state index is -0.400. The average Bonchev–Trinajstić information content (AvgIpc) is 3.06. The number of hydrogen-bond donors (Lipinski definition) is 0. The van der Waals surface area contributed by atoms with Gasteiger partial charge in [0.05, 0.1) is 11.3 Å². The molecule has 0 atom stereocenters. The fourth-order valence-electron chi connectivity index (χ4n) is 2.47. The Kier molecular flexibility index (Phi) is 3.40. The standard InChI is InChI=1S/C16H15NO2S/c1-2-11-3-4-14-13(9-11)15(18)16(19)17(14)7-5-12-6-8-20-10-12/h3-4,6,8-10H,2,5,7H2,1H3. The van der Waals surface area contributed by atoms with E-state index in [2.05, 4.69) is 5.38 Å². The molecular weight excluding hydrogens is 270 g/mol. The molecule has 1 aliphatic rings. The number of anilines is 1. The van der Waals surface area contributed by atoms with Crippen molar-refractivity contribution in [3.63, 3.8) is 0 Å². The number of Topliss-reactive ketones (excluding diaryl/α,β-unsaturated/α-hetero) is 1. The van der Waals surface area contributed by atoms with E-state index in [9.17, 15) is 9.59 Å². The quantitative estimate of drug-likeness (QED) is 0.810. The van der Waals surface area contributed by atoms with Crippen LogP contribution in [0.3, 0.4) is 0 Å². The van der Waals surface area contributed by atoms with Gasteiger partial charge >= 0.3 is 0 Å². The van der Waals surface area contributed by atoms with Gasteiger partial charge in [-0.3, -0.25) is 9.59 Å². The molecule has 3 rings (SSSR count). The SMILES string of the molecule is CCc1ccc2c(c1)C(=O)C(=O)N2CCc1ccsc1. The van der Waals surface area contributed by atoms with Crippen LogP contribution in [0, 0.1) is 0 Å². The van der Waals surface area contributed by atoms with Crippen LogP contribution in [-0.2, 0) is 17.6 Å². The van der Waals surface area contributed by atoms with Crippen molar-refractivity contribution < 1.29 is 9.59 Å². The highest BCUT2D eigenvalue weighted by molar-refractivity contribution is 7.07. The van der Waals surface area contributed by atoms with E-state index in [0.717, 1.165) is 24.1 Å². The number of thiophene rings is 1. The molecule has 1 aromatic heterocycles. The van der Waals surface area contributed by atoms with Crippen molar-refractivity contribution in [2.45, 2.75) is 19.8 Å². The molecular formula is C16H15NO2S. The Balaban J connectivity index is 1.86. The minimum Gasteiger partial charge on any atom is -0.304 e. The Labute approximate surface area is 121 Å². The number of fused-ring (bicyclic) bond motifs is 1. The molecule has 0 N–H and O–H groups in total. The van der Waals surface area contributed by atoms with Gasteiger partial charge < -0.3 is 4.90 Å². The number of nitrogens with zero attached hydrogens (tertiary/aromatic N) is 1. The summed E-state index contributed by atoms with van der Waals surface area (Å²) < 4.78 is 0. The van der Waals surface area contributed by atoms with Crippen molar-refractivity contribution >= 4 is 28.7 Å². The Morgan fingerprint density at radius 1 is 1.15 bits per heavy atom. The maximum atomic E-state index is 12.1. The number of aryl methyl sites for hydroxylation is 1. The molecule has 0 unspecified atom stereocenters. The van der Waals surface area contributed by atoms with Gasteiger partial charge in [-0.05, 0) is 52.9 Å². The molecule has 0 saturated carbocycles. The number of ketones is 1. The van der Waals surface area contributed by atoms with Gasteiger partial charge in [0.25, 0.3) is 11.7 Å². The molecule has 2 heterocycles. The second-order valence-electron chi connectivity index (χ2n) is 4.87. The molecule has 102 valence electrons. The molecule has 1 amide bonds. The Morgan fingerprint density at radius 3 is 2.70 bits per heavy atom. The average molecular weight is 285 g/mol. The van der Waals surface area contributed by atoms with Crippen LogP contribution in [0.1, 0.15) is 28.4 Å². The number of amides is 1. The van der Waals surface area contributed by atoms with Crippen molar-refractivity contribution in [1.29, 1.82) is 0 Å². The van der Waals surface area contributed by atoms with E-state index in [1.807, 2.05) is 36.6 Å². The zero-order valence-electron chi connectivity index (χ0n) is 11.3. The van der Waals surface area contributed by atoms with Gasteiger partial charge in [-0.1, -0.05) is 13.0 Å². The summed E-state index contributed by atoms with van der Waals surface area (Å²) in [4.78, 5) is 25.8. The third kappa shape index (κ3) is 2.16. The summed E-state index contributed by atoms with van der Waals surface area (Å²) >= 11 is 1.64. The molecule has 1 aliphatic heterocycles. The first-order valence-corrected chi connectivity index (χ1v) is 7.65. The summed E-state index contributed by atoms with van der Waals surface area (Å²) in [5.74, 6) is -0.774. The first-order chi connectivity index (χ1) is 9.70. The number of carbonyl (C=O) groups excluding carboxylic acids is 2. The van der Waals surface area contributed by atoms with Crippen LogP contribution in [0.2, 0.25) is 0 Å². The number of hydrogen-bond acceptors (Lipinski definition) is 3. The first kappa shape index (κ1) is 13.1. The topological polar surface area (TPSA) is 37.4 Å². The number of carbonyl (C=O) groups is 2. The van der Waals surface area contributed by atoms with E-state index in [0.29, 0.717) is 12.1 Å². The van der Waals surface area contributed by atoms with Crippen LogP contribution in [0.4, 0.5) is 5.69 Å². The van der Waals surface area contributed by atoms with Crippen LogP contribution in [0.15, 0.2) is 35.0 Å². The summed E-state index contributed by atoms with van der Waals surface area (Å²) in [6.45, 7) is 2.59. The van der Waals surface area contributed by atoms with Crippen molar-refractivity contribution in [2.24, 2.45) is 0 Å². The van der Waals surface area contributed by atoms with Crippen LogP contribution >= 0.6 is 11.3 Å². The van der Waals surface area contributed by atoms with Crippen LogP contribution < -0.4 is 4.90 Å². The van der Waals surface area contributed by atoms with E-state index < -0.39 is 5.91 Å². The molecule has 0 bridgehead atoms. The monoisotopic (exact) mass is 285 g/mol. The molecule has 1 aromatic carbocycles. The molecule has 0 fully saturated rings. The lowest BCUT2D eigenvalue weighted by Gasteiger charge is -2.16. The third-order valence-corrected chi connectivity index (χ3v) is 4.38. The number of rotatable bonds is 4. The van der Waals surface area contributed by atoms with Gasteiger partial charge in [-0.15, -0.1) is 0 Å². The van der Waals surface area contributed by atoms with Gasteiger partial charge in [-0.25, -0.2) is 0 Å². The zero-order chi connectivity index (χ0) is 14.1. The summed E-state index contributed by atoms with van der Waals surface area (Å²) in [5.41, 5.74) is 3.60. The Bertz CT molecular complexity index is 661. The summed E-state index contributed by atoms with van der Waals surface area (Å²) in [5, 5.41) is 4.09. The summed E-state index contributed by atoms with van der Waals surface area (Å²) in [7, 11) is 0. The van der Waals surface area contributed by atoms with Crippen LogP contribution in [0.25, 0.3) is 0 Å². The lowest BCUT2D eigenvalue weighted by Crippen LogP contribution is -2.31. The smallest absolute Gasteiger partial charge is 0.299 e. The normalized spacial score (nSPS) is 13.9. The maximum absolute atomic E-state index is 12.1. The van der Waals surface area contributed by atoms with Crippen LogP contribution in [-0.4, -0.2) is 18.2 Å². The van der Waals surface area contributed by atoms with Gasteiger partial charge in [0.15, 0.2) is 0 Å². The fourth-order valence-corrected chi connectivity index (χ4v) is 3.17. The summed E-state index contributed by atoms with van der Waals surface area (Å²) in [6, 6.07) is 7.78. The van der Waals surface area contributed by atoms with Crippen molar-refractivity contribution in [1.82, 2.24) is 0 Å². The van der Waals surface area contributed by atoms with E-state index in [-0.39, 0.29) is 5.78 Å². The lowest BCUT2D eigenvalue weighted by molar-refractivity contribution is -0.114. The van der Waals surface area contributed by atoms with Crippen molar-refractivity contribution in [3.05, 3.63) is 51.7 Å². The molecule has 2 aromatic rings. The maximum Gasteiger partial charge on any atom is 0.299 e. The summed E-state index contributed by atoms with van der Waals surface area (Å²) in [6.07, 6.45) is 1.64. The van der Waals surface area contributed by atoms with Gasteiger partial charge in [0, 0.05) is 6.54 Å². The van der Waals surface area contributed by atoms with Crippen molar-refractivity contribution in [2.75, 3.05) is 11.4 Å². The largest absolute Gasteiger partial charge is 0.304 e. The lowest BCUT2D eigenvalue weighted by atomic mass is 10.1. The predicted molar refractivity (Wildman–Crippen MR) is 80.5 cm³/mol. The molecule has 3 nitrogen and oxygen atoms in total. The van der Waals surface area contributed by atoms with Gasteiger partial charge in [-0.2, -0.15) is 11.3 Å². The van der Waals surface area contributed by atoms with E-state index in [1.54, 1.807) is 16.2 Å². The molecule has 4 heteroatoms. The van der Waals surface area contributed by atoms with E-state index in [4.69, 9.17) is 0 Å². The first-order valence-electron chi connectivity index (χ1n) is 6.71. The second kappa shape index (κ2) is 5.21. The van der Waals surface area contributed by atoms with E-state index in [1.165, 1.54) is 5.56 Å². The molecule has 20 heavy (non-hydrogen) atoms. The second-order valence-corrected chi connectivity index (χ2v) is 5.65. The highest BCUT2D eigenvalue weighted by Gasteiger charge is 2.35. The van der Waals surface area contributed by atoms with E-state index >= 15 is 0 Å². The predicted octanol–water partition coefficient (Wildman–Crippen LogP) is 3.08. The molecule has 0 spiro atoms.